The van der Waals surface area contributed by atoms with Crippen LogP contribution in [0.3, 0.4) is 0 Å². The molecule has 0 bridgehead atoms. The van der Waals surface area contributed by atoms with Gasteiger partial charge in [-0.1, -0.05) is 17.8 Å². The van der Waals surface area contributed by atoms with Crippen molar-refractivity contribution in [2.24, 2.45) is 0 Å². The summed E-state index contributed by atoms with van der Waals surface area (Å²) in [5.74, 6) is 0.557. The molecule has 1 aliphatic rings. The molecule has 120 valence electrons. The molecule has 1 N–H and O–H groups in total. The zero-order chi connectivity index (χ0) is 16.1. The minimum absolute atomic E-state index is 0.193. The van der Waals surface area contributed by atoms with Gasteiger partial charge in [-0.15, -0.1) is 0 Å². The normalized spacial score (nSPS) is 14.0. The molecule has 1 aromatic heterocycles. The van der Waals surface area contributed by atoms with Gasteiger partial charge in [0.15, 0.2) is 0 Å². The van der Waals surface area contributed by atoms with Gasteiger partial charge in [0.25, 0.3) is 0 Å². The number of halogens is 1. The third-order valence-corrected chi connectivity index (χ3v) is 4.44. The van der Waals surface area contributed by atoms with E-state index in [1.807, 2.05) is 6.07 Å². The molecule has 0 saturated carbocycles. The molecule has 2 heterocycles. The lowest BCUT2D eigenvalue weighted by Gasteiger charge is -2.16. The number of thioether (sulfide) groups is 1. The van der Waals surface area contributed by atoms with Gasteiger partial charge in [-0.2, -0.15) is 0 Å². The summed E-state index contributed by atoms with van der Waals surface area (Å²) in [6, 6.07) is 7.75. The predicted octanol–water partition coefficient (Wildman–Crippen LogP) is 2.95. The van der Waals surface area contributed by atoms with Crippen molar-refractivity contribution in [2.75, 3.05) is 29.1 Å². The summed E-state index contributed by atoms with van der Waals surface area (Å²) in [5.41, 5.74) is 0.455. The van der Waals surface area contributed by atoms with Gasteiger partial charge >= 0.3 is 0 Å². The average Bonchev–Trinajstić information content (AvgIpc) is 3.08. The Bertz CT molecular complexity index is 691. The summed E-state index contributed by atoms with van der Waals surface area (Å²) in [5, 5.41) is 3.43. The van der Waals surface area contributed by atoms with Crippen LogP contribution in [0.5, 0.6) is 0 Å². The number of nitrogens with one attached hydrogen (secondary N) is 1. The molecule has 5 nitrogen and oxygen atoms in total. The molecule has 0 aliphatic carbocycles. The number of benzene rings is 1. The number of anilines is 2. The molecule has 0 radical (unpaired) electrons. The number of carbonyl (C=O) groups is 1. The number of aromatic nitrogens is 2. The lowest BCUT2D eigenvalue weighted by atomic mass is 10.3. The topological polar surface area (TPSA) is 58.1 Å². The number of nitrogens with zero attached hydrogens (tertiary/aromatic N) is 3. The molecule has 0 unspecified atom stereocenters. The molecule has 2 aromatic rings. The molecule has 1 aliphatic heterocycles. The van der Waals surface area contributed by atoms with Crippen LogP contribution in [0.2, 0.25) is 0 Å². The maximum Gasteiger partial charge on any atom is 0.234 e. The summed E-state index contributed by atoms with van der Waals surface area (Å²) in [7, 11) is 0. The van der Waals surface area contributed by atoms with Crippen molar-refractivity contribution in [3.8, 4) is 0 Å². The molecule has 3 rings (SSSR count). The number of rotatable bonds is 5. The minimum atomic E-state index is -0.374. The summed E-state index contributed by atoms with van der Waals surface area (Å²) in [4.78, 5) is 22.6. The van der Waals surface area contributed by atoms with E-state index >= 15 is 0 Å². The second-order valence-electron chi connectivity index (χ2n) is 5.26. The van der Waals surface area contributed by atoms with Crippen LogP contribution in [0.25, 0.3) is 0 Å². The standard InChI is InChI=1S/C16H17FN4OS/c17-12-4-3-5-13(8-12)20-15(22)10-23-16-9-14(18-11-19-16)21-6-1-2-7-21/h3-5,8-9,11H,1-2,6-7,10H2,(H,20,22). The maximum absolute atomic E-state index is 13.1. The first-order valence-corrected chi connectivity index (χ1v) is 8.44. The fourth-order valence-corrected chi connectivity index (χ4v) is 3.09. The minimum Gasteiger partial charge on any atom is -0.356 e. The van der Waals surface area contributed by atoms with Gasteiger partial charge in [0.1, 0.15) is 23.0 Å². The van der Waals surface area contributed by atoms with E-state index in [2.05, 4.69) is 20.2 Å². The Balaban J connectivity index is 1.55. The van der Waals surface area contributed by atoms with Gasteiger partial charge in [0, 0.05) is 24.8 Å². The lowest BCUT2D eigenvalue weighted by molar-refractivity contribution is -0.113. The first-order chi connectivity index (χ1) is 11.2. The zero-order valence-corrected chi connectivity index (χ0v) is 13.4. The SMILES string of the molecule is O=C(CSc1cc(N2CCCC2)ncn1)Nc1cccc(F)c1. The van der Waals surface area contributed by atoms with Crippen molar-refractivity contribution in [2.45, 2.75) is 17.9 Å². The summed E-state index contributed by atoms with van der Waals surface area (Å²) in [6.45, 7) is 2.03. The lowest BCUT2D eigenvalue weighted by Crippen LogP contribution is -2.19. The molecule has 1 fully saturated rings. The Labute approximate surface area is 138 Å². The van der Waals surface area contributed by atoms with E-state index < -0.39 is 0 Å². The van der Waals surface area contributed by atoms with E-state index in [4.69, 9.17) is 0 Å². The van der Waals surface area contributed by atoms with E-state index in [0.717, 1.165) is 23.9 Å². The van der Waals surface area contributed by atoms with Crippen molar-refractivity contribution in [1.82, 2.24) is 9.97 Å². The molecular formula is C16H17FN4OS. The molecule has 0 atom stereocenters. The second-order valence-corrected chi connectivity index (χ2v) is 6.25. The van der Waals surface area contributed by atoms with Crippen LogP contribution in [0.1, 0.15) is 12.8 Å². The van der Waals surface area contributed by atoms with Crippen LogP contribution < -0.4 is 10.2 Å². The van der Waals surface area contributed by atoms with Crippen molar-refractivity contribution in [3.05, 3.63) is 42.5 Å². The largest absolute Gasteiger partial charge is 0.356 e. The summed E-state index contributed by atoms with van der Waals surface area (Å²) in [6.07, 6.45) is 3.89. The van der Waals surface area contributed by atoms with Crippen LogP contribution >= 0.6 is 11.8 Å². The van der Waals surface area contributed by atoms with Gasteiger partial charge in [-0.05, 0) is 31.0 Å². The van der Waals surface area contributed by atoms with Crippen molar-refractivity contribution in [1.29, 1.82) is 0 Å². The molecule has 23 heavy (non-hydrogen) atoms. The summed E-state index contributed by atoms with van der Waals surface area (Å²) < 4.78 is 13.1. The highest BCUT2D eigenvalue weighted by Crippen LogP contribution is 2.22. The fourth-order valence-electron chi connectivity index (χ4n) is 2.43. The van der Waals surface area contributed by atoms with Gasteiger partial charge < -0.3 is 10.2 Å². The highest BCUT2D eigenvalue weighted by atomic mass is 32.2. The number of carbonyl (C=O) groups excluding carboxylic acids is 1. The van der Waals surface area contributed by atoms with Crippen molar-refractivity contribution >= 4 is 29.2 Å². The first kappa shape index (κ1) is 15.7. The zero-order valence-electron chi connectivity index (χ0n) is 12.5. The monoisotopic (exact) mass is 332 g/mol. The summed E-state index contributed by atoms with van der Waals surface area (Å²) >= 11 is 1.34. The van der Waals surface area contributed by atoms with E-state index in [-0.39, 0.29) is 17.5 Å². The van der Waals surface area contributed by atoms with Gasteiger partial charge in [0.05, 0.1) is 5.75 Å². The molecule has 1 amide bonds. The smallest absolute Gasteiger partial charge is 0.234 e. The fraction of sp³-hybridized carbons (Fsp3) is 0.312. The molecule has 1 aromatic carbocycles. The Hall–Kier alpha value is -2.15. The Kier molecular flexibility index (Phi) is 5.07. The average molecular weight is 332 g/mol. The van der Waals surface area contributed by atoms with Crippen LogP contribution in [0.15, 0.2) is 41.7 Å². The Morgan fingerprint density at radius 3 is 2.87 bits per heavy atom. The van der Waals surface area contributed by atoms with E-state index in [0.29, 0.717) is 5.69 Å². The van der Waals surface area contributed by atoms with Crippen LogP contribution in [-0.2, 0) is 4.79 Å². The van der Waals surface area contributed by atoms with Crippen LogP contribution in [0, 0.1) is 5.82 Å². The maximum atomic E-state index is 13.1. The molecule has 1 saturated heterocycles. The van der Waals surface area contributed by atoms with Crippen LogP contribution in [0.4, 0.5) is 15.9 Å². The van der Waals surface area contributed by atoms with E-state index in [1.165, 1.54) is 43.1 Å². The quantitative estimate of drug-likeness (QED) is 0.674. The number of hydrogen-bond acceptors (Lipinski definition) is 5. The van der Waals surface area contributed by atoms with E-state index in [9.17, 15) is 9.18 Å². The Morgan fingerprint density at radius 2 is 2.09 bits per heavy atom. The highest BCUT2D eigenvalue weighted by molar-refractivity contribution is 7.99. The molecule has 7 heteroatoms. The van der Waals surface area contributed by atoms with Gasteiger partial charge in [-0.25, -0.2) is 14.4 Å². The second kappa shape index (κ2) is 7.41. The van der Waals surface area contributed by atoms with E-state index in [1.54, 1.807) is 12.1 Å². The number of amides is 1. The predicted molar refractivity (Wildman–Crippen MR) is 89.2 cm³/mol. The van der Waals surface area contributed by atoms with Gasteiger partial charge in [0.2, 0.25) is 5.91 Å². The molecular weight excluding hydrogens is 315 g/mol. The van der Waals surface area contributed by atoms with Crippen molar-refractivity contribution < 1.29 is 9.18 Å². The Morgan fingerprint density at radius 1 is 1.26 bits per heavy atom. The third kappa shape index (κ3) is 4.41. The molecule has 0 spiro atoms. The van der Waals surface area contributed by atoms with Gasteiger partial charge in [-0.3, -0.25) is 4.79 Å². The van der Waals surface area contributed by atoms with Crippen LogP contribution in [-0.4, -0.2) is 34.7 Å². The third-order valence-electron chi connectivity index (χ3n) is 3.52. The highest BCUT2D eigenvalue weighted by Gasteiger charge is 2.14. The number of hydrogen-bond donors (Lipinski definition) is 1. The first-order valence-electron chi connectivity index (χ1n) is 7.46. The van der Waals surface area contributed by atoms with Crippen molar-refractivity contribution in [3.63, 3.8) is 0 Å².